The third-order valence-electron chi connectivity index (χ3n) is 2.22. The van der Waals surface area contributed by atoms with E-state index in [0.29, 0.717) is 10.3 Å². The molecule has 0 spiro atoms. The topological polar surface area (TPSA) is 56.0 Å². The first-order valence-electron chi connectivity index (χ1n) is 4.58. The molecule has 2 rings (SSSR count). The first-order valence-corrected chi connectivity index (χ1v) is 5.81. The molecule has 0 aliphatic heterocycles. The van der Waals surface area contributed by atoms with Crippen LogP contribution in [0.3, 0.4) is 0 Å². The first-order chi connectivity index (χ1) is 7.59. The first kappa shape index (κ1) is 11.4. The van der Waals surface area contributed by atoms with Crippen LogP contribution in [0.1, 0.15) is 11.1 Å². The summed E-state index contributed by atoms with van der Waals surface area (Å²) < 4.78 is 0.660. The molecule has 1 aromatic heterocycles. The average molecular weight is 300 g/mol. The lowest BCUT2D eigenvalue weighted by atomic mass is 10.1. The molecule has 16 heavy (non-hydrogen) atoms. The zero-order valence-electron chi connectivity index (χ0n) is 8.15. The van der Waals surface area contributed by atoms with Crippen LogP contribution in [-0.4, -0.2) is 10.9 Å². The minimum Gasteiger partial charge on any atom is -0.368 e. The van der Waals surface area contributed by atoms with Gasteiger partial charge in [-0.25, -0.2) is 4.98 Å². The van der Waals surface area contributed by atoms with Crippen LogP contribution in [0.5, 0.6) is 0 Å². The van der Waals surface area contributed by atoms with Gasteiger partial charge in [0.05, 0.1) is 5.69 Å². The molecule has 0 saturated heterocycles. The molecule has 0 aliphatic rings. The fraction of sp³-hybridized carbons (Fsp3) is 0.0909. The molecule has 0 bridgehead atoms. The Bertz CT molecular complexity index is 559. The molecule has 0 fully saturated rings. The summed E-state index contributed by atoms with van der Waals surface area (Å²) in [6, 6.07) is 9.45. The zero-order valence-corrected chi connectivity index (χ0v) is 10.5. The Balaban J connectivity index is 2.62. The predicted octanol–water partition coefficient (Wildman–Crippen LogP) is 2.76. The van der Waals surface area contributed by atoms with Crippen molar-refractivity contribution in [3.63, 3.8) is 0 Å². The molecule has 2 aromatic rings. The third-order valence-corrected chi connectivity index (χ3v) is 3.27. The van der Waals surface area contributed by atoms with Gasteiger partial charge in [0.25, 0.3) is 0 Å². The molecular formula is C11H8BrClN2O. The number of benzene rings is 1. The molecule has 1 aromatic carbocycles. The molecule has 1 amide bonds. The fourth-order valence-corrected chi connectivity index (χ4v) is 2.13. The van der Waals surface area contributed by atoms with E-state index >= 15 is 0 Å². The highest BCUT2D eigenvalue weighted by molar-refractivity contribution is 9.10. The number of nitrogens with zero attached hydrogens (tertiary/aromatic N) is 1. The van der Waals surface area contributed by atoms with Crippen LogP contribution in [0.25, 0.3) is 10.8 Å². The minimum absolute atomic E-state index is 0.458. The molecule has 1 atom stereocenters. The van der Waals surface area contributed by atoms with Gasteiger partial charge in [-0.05, 0) is 27.4 Å². The summed E-state index contributed by atoms with van der Waals surface area (Å²) in [7, 11) is 0. The number of carbonyl (C=O) groups is 1. The normalized spacial score (nSPS) is 12.6. The van der Waals surface area contributed by atoms with E-state index in [4.69, 9.17) is 17.3 Å². The van der Waals surface area contributed by atoms with Crippen molar-refractivity contribution in [2.75, 3.05) is 0 Å². The van der Waals surface area contributed by atoms with Gasteiger partial charge in [0.2, 0.25) is 5.91 Å². The van der Waals surface area contributed by atoms with E-state index in [1.807, 2.05) is 24.3 Å². The predicted molar refractivity (Wildman–Crippen MR) is 67.2 cm³/mol. The number of amides is 1. The van der Waals surface area contributed by atoms with Crippen molar-refractivity contribution in [1.29, 1.82) is 0 Å². The summed E-state index contributed by atoms with van der Waals surface area (Å²) in [5.74, 6) is -0.601. The summed E-state index contributed by atoms with van der Waals surface area (Å²) >= 11 is 9.20. The molecule has 82 valence electrons. The number of aromatic nitrogens is 1. The van der Waals surface area contributed by atoms with Gasteiger partial charge in [-0.2, -0.15) is 0 Å². The number of alkyl halides is 1. The monoisotopic (exact) mass is 298 g/mol. The summed E-state index contributed by atoms with van der Waals surface area (Å²) in [6.07, 6.45) is 0. The number of halogens is 2. The van der Waals surface area contributed by atoms with E-state index in [-0.39, 0.29) is 0 Å². The van der Waals surface area contributed by atoms with E-state index in [1.165, 1.54) is 0 Å². The Morgan fingerprint density at radius 3 is 2.81 bits per heavy atom. The van der Waals surface area contributed by atoms with Crippen LogP contribution in [-0.2, 0) is 4.79 Å². The van der Waals surface area contributed by atoms with Crippen molar-refractivity contribution >= 4 is 44.2 Å². The van der Waals surface area contributed by atoms with Gasteiger partial charge in [-0.3, -0.25) is 4.79 Å². The smallest absolute Gasteiger partial charge is 0.241 e. The fourth-order valence-electron chi connectivity index (χ4n) is 1.45. The zero-order chi connectivity index (χ0) is 11.7. The lowest BCUT2D eigenvalue weighted by molar-refractivity contribution is -0.117. The Morgan fingerprint density at radius 2 is 2.12 bits per heavy atom. The molecule has 0 aliphatic carbocycles. The summed E-state index contributed by atoms with van der Waals surface area (Å²) in [4.78, 5) is 15.2. The summed E-state index contributed by atoms with van der Waals surface area (Å²) in [5, 5.41) is 1.03. The highest BCUT2D eigenvalue weighted by Crippen LogP contribution is 2.27. The summed E-state index contributed by atoms with van der Waals surface area (Å²) in [5.41, 5.74) is 5.59. The quantitative estimate of drug-likeness (QED) is 0.685. The number of pyridine rings is 1. The maximum absolute atomic E-state index is 11.0. The third kappa shape index (κ3) is 2.03. The van der Waals surface area contributed by atoms with E-state index in [1.54, 1.807) is 6.07 Å². The molecule has 2 N–H and O–H groups in total. The van der Waals surface area contributed by atoms with Crippen molar-refractivity contribution in [1.82, 2.24) is 4.98 Å². The molecule has 3 nitrogen and oxygen atoms in total. The second-order valence-electron chi connectivity index (χ2n) is 3.32. The highest BCUT2D eigenvalue weighted by atomic mass is 79.9. The minimum atomic E-state index is -0.902. The lowest BCUT2D eigenvalue weighted by Crippen LogP contribution is -2.18. The number of fused-ring (bicyclic) bond motifs is 1. The maximum Gasteiger partial charge on any atom is 0.241 e. The Hall–Kier alpha value is -1.13. The number of hydrogen-bond acceptors (Lipinski definition) is 2. The maximum atomic E-state index is 11.0. The largest absolute Gasteiger partial charge is 0.368 e. The molecule has 0 saturated carbocycles. The number of primary amides is 1. The van der Waals surface area contributed by atoms with Crippen molar-refractivity contribution in [3.05, 3.63) is 40.6 Å². The van der Waals surface area contributed by atoms with Gasteiger partial charge in [0.15, 0.2) is 5.38 Å². The number of carbonyl (C=O) groups excluding carboxylic acids is 1. The van der Waals surface area contributed by atoms with Gasteiger partial charge in [-0.1, -0.05) is 24.3 Å². The van der Waals surface area contributed by atoms with Crippen LogP contribution in [0.15, 0.2) is 34.9 Å². The van der Waals surface area contributed by atoms with Crippen LogP contribution >= 0.6 is 27.5 Å². The van der Waals surface area contributed by atoms with E-state index in [9.17, 15) is 4.79 Å². The van der Waals surface area contributed by atoms with Crippen LogP contribution < -0.4 is 5.73 Å². The van der Waals surface area contributed by atoms with Crippen molar-refractivity contribution in [3.8, 4) is 0 Å². The molecular weight excluding hydrogens is 291 g/mol. The van der Waals surface area contributed by atoms with E-state index < -0.39 is 11.3 Å². The summed E-state index contributed by atoms with van der Waals surface area (Å²) in [6.45, 7) is 0. The van der Waals surface area contributed by atoms with Crippen molar-refractivity contribution < 1.29 is 4.79 Å². The van der Waals surface area contributed by atoms with Crippen LogP contribution in [0.4, 0.5) is 0 Å². The van der Waals surface area contributed by atoms with Crippen molar-refractivity contribution in [2.24, 2.45) is 5.73 Å². The Kier molecular flexibility index (Phi) is 3.12. The number of hydrogen-bond donors (Lipinski definition) is 1. The van der Waals surface area contributed by atoms with Gasteiger partial charge >= 0.3 is 0 Å². The SMILES string of the molecule is NC(=O)C(Cl)c1cc2ccccc2c(Br)n1. The second kappa shape index (κ2) is 4.39. The highest BCUT2D eigenvalue weighted by Gasteiger charge is 2.17. The van der Waals surface area contributed by atoms with Gasteiger partial charge < -0.3 is 5.73 Å². The number of nitrogens with two attached hydrogens (primary N) is 1. The Morgan fingerprint density at radius 1 is 1.44 bits per heavy atom. The van der Waals surface area contributed by atoms with E-state index in [2.05, 4.69) is 20.9 Å². The standard InChI is InChI=1S/C11H8BrClN2O/c12-10-7-4-2-1-3-6(7)5-8(15-10)9(13)11(14)16/h1-5,9H,(H2,14,16). The van der Waals surface area contributed by atoms with Crippen LogP contribution in [0.2, 0.25) is 0 Å². The second-order valence-corrected chi connectivity index (χ2v) is 4.51. The van der Waals surface area contributed by atoms with Gasteiger partial charge in [0, 0.05) is 5.39 Å². The molecule has 5 heteroatoms. The van der Waals surface area contributed by atoms with Crippen LogP contribution in [0, 0.1) is 0 Å². The molecule has 0 radical (unpaired) electrons. The Labute approximate surface area is 106 Å². The number of rotatable bonds is 2. The average Bonchev–Trinajstić information content (AvgIpc) is 2.28. The molecule has 1 unspecified atom stereocenters. The molecule has 1 heterocycles. The van der Waals surface area contributed by atoms with E-state index in [0.717, 1.165) is 10.8 Å². The van der Waals surface area contributed by atoms with Gasteiger partial charge in [0.1, 0.15) is 4.60 Å². The lowest BCUT2D eigenvalue weighted by Gasteiger charge is -2.07. The van der Waals surface area contributed by atoms with Gasteiger partial charge in [-0.15, -0.1) is 11.6 Å². The van der Waals surface area contributed by atoms with Crippen molar-refractivity contribution in [2.45, 2.75) is 5.38 Å².